The van der Waals surface area contributed by atoms with E-state index in [4.69, 9.17) is 4.74 Å². The zero-order chi connectivity index (χ0) is 11.8. The highest BCUT2D eigenvalue weighted by Gasteiger charge is 2.49. The first-order valence-electron chi connectivity index (χ1n) is 6.05. The molecule has 88 valence electrons. The molecule has 3 atom stereocenters. The Kier molecular flexibility index (Phi) is 2.92. The van der Waals surface area contributed by atoms with Crippen LogP contribution >= 0.6 is 0 Å². The molecule has 2 aliphatic carbocycles. The second-order valence-corrected chi connectivity index (χ2v) is 5.33. The quantitative estimate of drug-likeness (QED) is 0.413. The maximum Gasteiger partial charge on any atom is 0.307 e. The van der Waals surface area contributed by atoms with Gasteiger partial charge in [-0.15, -0.1) is 0 Å². The van der Waals surface area contributed by atoms with Crippen molar-refractivity contribution in [3.8, 4) is 0 Å². The molecule has 0 aromatic carbocycles. The third kappa shape index (κ3) is 1.81. The van der Waals surface area contributed by atoms with Crippen LogP contribution in [0.4, 0.5) is 0 Å². The average Bonchev–Trinajstić information content (AvgIpc) is 2.78. The summed E-state index contributed by atoms with van der Waals surface area (Å²) >= 11 is 0. The van der Waals surface area contributed by atoms with Gasteiger partial charge in [0.2, 0.25) is 0 Å². The molecule has 0 aromatic rings. The number of ether oxygens (including phenoxy) is 1. The molecule has 0 radical (unpaired) electrons. The van der Waals surface area contributed by atoms with Crippen LogP contribution in [0.2, 0.25) is 0 Å². The van der Waals surface area contributed by atoms with Gasteiger partial charge in [0.15, 0.2) is 0 Å². The molecule has 2 bridgehead atoms. The molecule has 0 spiro atoms. The van der Waals surface area contributed by atoms with Crippen LogP contribution in [0.25, 0.3) is 0 Å². The molecule has 2 saturated carbocycles. The van der Waals surface area contributed by atoms with E-state index in [9.17, 15) is 4.79 Å². The number of rotatable bonds is 3. The summed E-state index contributed by atoms with van der Waals surface area (Å²) < 4.78 is 4.81. The van der Waals surface area contributed by atoms with E-state index in [0.717, 1.165) is 18.3 Å². The van der Waals surface area contributed by atoms with Crippen molar-refractivity contribution in [3.63, 3.8) is 0 Å². The van der Waals surface area contributed by atoms with Gasteiger partial charge in [-0.05, 0) is 49.0 Å². The number of carbonyl (C=O) groups excluding carboxylic acids is 1. The zero-order valence-corrected chi connectivity index (χ0v) is 10.2. The molecule has 0 aromatic heterocycles. The maximum absolute atomic E-state index is 10.6. The zero-order valence-electron chi connectivity index (χ0n) is 10.2. The highest BCUT2D eigenvalue weighted by atomic mass is 16.5. The van der Waals surface area contributed by atoms with Crippen molar-refractivity contribution in [2.45, 2.75) is 39.5 Å². The first-order chi connectivity index (χ1) is 7.54. The topological polar surface area (TPSA) is 26.3 Å². The van der Waals surface area contributed by atoms with E-state index in [-0.39, 0.29) is 11.4 Å². The van der Waals surface area contributed by atoms with Gasteiger partial charge in [-0.2, -0.15) is 0 Å². The molecule has 0 amide bonds. The minimum absolute atomic E-state index is 0.236. The molecule has 2 fully saturated rings. The van der Waals surface area contributed by atoms with Gasteiger partial charge < -0.3 is 4.74 Å². The summed E-state index contributed by atoms with van der Waals surface area (Å²) in [4.78, 5) is 10.6. The molecule has 2 rings (SSSR count). The lowest BCUT2D eigenvalue weighted by atomic mass is 9.70. The lowest BCUT2D eigenvalue weighted by Crippen LogP contribution is -2.25. The van der Waals surface area contributed by atoms with Crippen LogP contribution in [0.15, 0.2) is 24.5 Å². The molecule has 0 saturated heterocycles. The van der Waals surface area contributed by atoms with Crippen LogP contribution in [-0.4, -0.2) is 5.97 Å². The van der Waals surface area contributed by atoms with Crippen LogP contribution in [0, 0.1) is 17.3 Å². The van der Waals surface area contributed by atoms with Crippen molar-refractivity contribution >= 4 is 5.97 Å². The Labute approximate surface area is 97.4 Å². The van der Waals surface area contributed by atoms with Gasteiger partial charge in [-0.3, -0.25) is 4.79 Å². The summed E-state index contributed by atoms with van der Waals surface area (Å²) in [5.41, 5.74) is 1.65. The van der Waals surface area contributed by atoms with Crippen molar-refractivity contribution < 1.29 is 9.53 Å². The number of hydrogen-bond donors (Lipinski definition) is 0. The van der Waals surface area contributed by atoms with Gasteiger partial charge in [-0.1, -0.05) is 19.1 Å². The van der Waals surface area contributed by atoms with E-state index in [2.05, 4.69) is 13.5 Å². The number of esters is 1. The predicted molar refractivity (Wildman–Crippen MR) is 63.6 cm³/mol. The van der Waals surface area contributed by atoms with Gasteiger partial charge >= 0.3 is 5.97 Å². The van der Waals surface area contributed by atoms with Crippen LogP contribution in [0.1, 0.15) is 39.5 Å². The fourth-order valence-electron chi connectivity index (χ4n) is 3.34. The molecular formula is C14H20O2. The average molecular weight is 220 g/mol. The summed E-state index contributed by atoms with van der Waals surface area (Å²) in [5.74, 6) is 1.28. The number of carbonyl (C=O) groups is 1. The molecule has 0 heterocycles. The Balaban J connectivity index is 1.96. The molecule has 2 aliphatic rings. The van der Waals surface area contributed by atoms with Gasteiger partial charge in [-0.25, -0.2) is 0 Å². The SMILES string of the molecule is C=C1[C@@H]2CC[C@@H](C2)[C@@]1(C)C/C=C/OC(C)=O. The Hall–Kier alpha value is -1.05. The third-order valence-electron chi connectivity index (χ3n) is 4.43. The molecule has 0 N–H and O–H groups in total. The van der Waals surface area contributed by atoms with E-state index in [1.807, 2.05) is 6.08 Å². The normalized spacial score (nSPS) is 37.2. The van der Waals surface area contributed by atoms with E-state index >= 15 is 0 Å². The Morgan fingerprint density at radius 3 is 2.94 bits per heavy atom. The highest BCUT2D eigenvalue weighted by Crippen LogP contribution is 2.60. The fraction of sp³-hybridized carbons (Fsp3) is 0.643. The molecule has 0 aliphatic heterocycles. The first-order valence-corrected chi connectivity index (χ1v) is 6.05. The first kappa shape index (κ1) is 11.4. The minimum Gasteiger partial charge on any atom is -0.435 e. The third-order valence-corrected chi connectivity index (χ3v) is 4.43. The Morgan fingerprint density at radius 2 is 2.38 bits per heavy atom. The fourth-order valence-corrected chi connectivity index (χ4v) is 3.34. The minimum atomic E-state index is -0.256. The monoisotopic (exact) mass is 220 g/mol. The van der Waals surface area contributed by atoms with Crippen LogP contribution in [-0.2, 0) is 9.53 Å². The van der Waals surface area contributed by atoms with Crippen molar-refractivity contribution in [1.29, 1.82) is 0 Å². The smallest absolute Gasteiger partial charge is 0.307 e. The van der Waals surface area contributed by atoms with Crippen LogP contribution < -0.4 is 0 Å². The van der Waals surface area contributed by atoms with Gasteiger partial charge in [0, 0.05) is 6.92 Å². The number of allylic oxidation sites excluding steroid dienone is 2. The summed E-state index contributed by atoms with van der Waals surface area (Å²) in [6.07, 6.45) is 8.41. The molecular weight excluding hydrogens is 200 g/mol. The molecule has 2 nitrogen and oxygen atoms in total. The van der Waals surface area contributed by atoms with Crippen LogP contribution in [0.5, 0.6) is 0 Å². The molecule has 16 heavy (non-hydrogen) atoms. The van der Waals surface area contributed by atoms with E-state index in [1.165, 1.54) is 38.0 Å². The van der Waals surface area contributed by atoms with Crippen molar-refractivity contribution in [3.05, 3.63) is 24.5 Å². The molecule has 2 heteroatoms. The van der Waals surface area contributed by atoms with E-state index in [1.54, 1.807) is 0 Å². The summed E-state index contributed by atoms with van der Waals surface area (Å²) in [5, 5.41) is 0. The van der Waals surface area contributed by atoms with Crippen molar-refractivity contribution in [2.24, 2.45) is 17.3 Å². The summed E-state index contributed by atoms with van der Waals surface area (Å²) in [6.45, 7) is 7.98. The second kappa shape index (κ2) is 4.08. The summed E-state index contributed by atoms with van der Waals surface area (Å²) in [7, 11) is 0. The standard InChI is InChI=1S/C14H20O2/c1-10-12-5-6-13(9-12)14(10,3)7-4-8-16-11(2)15/h4,8,12-13H,1,5-7,9H2,2-3H3/b8-4+/t12-,13+,14+/m1/s1. The van der Waals surface area contributed by atoms with E-state index < -0.39 is 0 Å². The maximum atomic E-state index is 10.6. The van der Waals surface area contributed by atoms with E-state index in [0.29, 0.717) is 0 Å². The highest BCUT2D eigenvalue weighted by molar-refractivity contribution is 5.66. The number of hydrogen-bond acceptors (Lipinski definition) is 2. The number of fused-ring (bicyclic) bond motifs is 2. The predicted octanol–water partition coefficient (Wildman–Crippen LogP) is 3.45. The van der Waals surface area contributed by atoms with Gasteiger partial charge in [0.25, 0.3) is 0 Å². The van der Waals surface area contributed by atoms with Crippen LogP contribution in [0.3, 0.4) is 0 Å². The summed E-state index contributed by atoms with van der Waals surface area (Å²) in [6, 6.07) is 0. The van der Waals surface area contributed by atoms with Gasteiger partial charge in [0.05, 0.1) is 6.26 Å². The van der Waals surface area contributed by atoms with Gasteiger partial charge in [0.1, 0.15) is 0 Å². The lowest BCUT2D eigenvalue weighted by Gasteiger charge is -2.35. The largest absolute Gasteiger partial charge is 0.435 e. The Morgan fingerprint density at radius 1 is 1.62 bits per heavy atom. The Bertz CT molecular complexity index is 343. The molecule has 0 unspecified atom stereocenters. The van der Waals surface area contributed by atoms with Crippen molar-refractivity contribution in [2.75, 3.05) is 0 Å². The lowest BCUT2D eigenvalue weighted by molar-refractivity contribution is -0.135. The second-order valence-electron chi connectivity index (χ2n) is 5.33. The van der Waals surface area contributed by atoms with Crippen molar-refractivity contribution in [1.82, 2.24) is 0 Å².